The third-order valence-electron chi connectivity index (χ3n) is 3.56. The van der Waals surface area contributed by atoms with E-state index in [1.165, 1.54) is 16.9 Å². The Labute approximate surface area is 126 Å². The molecule has 3 rings (SSSR count). The van der Waals surface area contributed by atoms with Crippen molar-refractivity contribution in [1.82, 2.24) is 9.38 Å². The zero-order valence-corrected chi connectivity index (χ0v) is 12.9. The summed E-state index contributed by atoms with van der Waals surface area (Å²) in [5.74, 6) is -0.501. The van der Waals surface area contributed by atoms with Crippen LogP contribution >= 0.6 is 11.3 Å². The molecule has 2 aromatic heterocycles. The van der Waals surface area contributed by atoms with Gasteiger partial charge in [0.15, 0.2) is 10.7 Å². The molecule has 1 aromatic carbocycles. The van der Waals surface area contributed by atoms with Gasteiger partial charge in [0.1, 0.15) is 0 Å². The van der Waals surface area contributed by atoms with Crippen molar-refractivity contribution >= 4 is 22.3 Å². The molecule has 1 N–H and O–H groups in total. The van der Waals surface area contributed by atoms with E-state index >= 15 is 0 Å². The van der Waals surface area contributed by atoms with Crippen LogP contribution in [0.4, 0.5) is 0 Å². The van der Waals surface area contributed by atoms with Crippen molar-refractivity contribution in [2.45, 2.75) is 26.7 Å². The third kappa shape index (κ3) is 2.34. The number of nitrogens with zero attached hydrogens (tertiary/aromatic N) is 2. The summed E-state index contributed by atoms with van der Waals surface area (Å²) in [5.41, 5.74) is 3.48. The largest absolute Gasteiger partial charge is 0.476 e. The summed E-state index contributed by atoms with van der Waals surface area (Å²) >= 11 is 1.51. The molecule has 0 saturated heterocycles. The number of imidazole rings is 1. The number of aromatic nitrogens is 2. The number of thiazole rings is 1. The first-order chi connectivity index (χ1) is 9.97. The smallest absolute Gasteiger partial charge is 0.356 e. The standard InChI is InChI=1S/C16H16N2O2S/c1-9(2)11-4-6-12(7-5-11)14-10(3)21-16-17-13(15(19)20)8-18(14)16/h4-9H,1-3H3,(H,19,20). The quantitative estimate of drug-likeness (QED) is 0.789. The summed E-state index contributed by atoms with van der Waals surface area (Å²) in [4.78, 5) is 17.0. The number of hydrogen-bond acceptors (Lipinski definition) is 3. The Kier molecular flexibility index (Phi) is 3.29. The molecular formula is C16H16N2O2S. The molecule has 0 amide bonds. The number of aromatic carboxylic acids is 1. The Morgan fingerprint density at radius 2 is 1.95 bits per heavy atom. The number of rotatable bonds is 3. The van der Waals surface area contributed by atoms with Crippen molar-refractivity contribution in [2.24, 2.45) is 0 Å². The summed E-state index contributed by atoms with van der Waals surface area (Å²) in [6.45, 7) is 6.36. The van der Waals surface area contributed by atoms with Gasteiger partial charge in [-0.05, 0) is 24.0 Å². The van der Waals surface area contributed by atoms with Crippen LogP contribution in [-0.2, 0) is 0 Å². The van der Waals surface area contributed by atoms with Gasteiger partial charge >= 0.3 is 5.97 Å². The number of hydrogen-bond donors (Lipinski definition) is 1. The third-order valence-corrected chi connectivity index (χ3v) is 4.53. The van der Waals surface area contributed by atoms with E-state index in [9.17, 15) is 4.79 Å². The summed E-state index contributed by atoms with van der Waals surface area (Å²) in [6.07, 6.45) is 1.59. The van der Waals surface area contributed by atoms with Gasteiger partial charge < -0.3 is 5.11 Å². The minimum absolute atomic E-state index is 0.0845. The highest BCUT2D eigenvalue weighted by molar-refractivity contribution is 7.17. The Hall–Kier alpha value is -2.14. The lowest BCUT2D eigenvalue weighted by Crippen LogP contribution is -1.95. The summed E-state index contributed by atoms with van der Waals surface area (Å²) in [5, 5.41) is 9.06. The highest BCUT2D eigenvalue weighted by Crippen LogP contribution is 2.32. The molecule has 5 heteroatoms. The second-order valence-electron chi connectivity index (χ2n) is 5.37. The number of carboxylic acid groups (broad SMARTS) is 1. The van der Waals surface area contributed by atoms with Crippen LogP contribution in [-0.4, -0.2) is 20.5 Å². The highest BCUT2D eigenvalue weighted by Gasteiger charge is 2.16. The van der Waals surface area contributed by atoms with Crippen LogP contribution in [0.15, 0.2) is 30.5 Å². The molecule has 0 saturated carbocycles. The summed E-state index contributed by atoms with van der Waals surface area (Å²) in [6, 6.07) is 8.42. The molecule has 2 heterocycles. The number of fused-ring (bicyclic) bond motifs is 1. The van der Waals surface area contributed by atoms with Gasteiger partial charge in [-0.3, -0.25) is 4.40 Å². The molecule has 0 aliphatic carbocycles. The average molecular weight is 300 g/mol. The lowest BCUT2D eigenvalue weighted by atomic mass is 10.0. The van der Waals surface area contributed by atoms with E-state index in [1.807, 2.05) is 11.3 Å². The van der Waals surface area contributed by atoms with Crippen LogP contribution in [0.25, 0.3) is 16.2 Å². The van der Waals surface area contributed by atoms with E-state index in [2.05, 4.69) is 43.1 Å². The van der Waals surface area contributed by atoms with Crippen LogP contribution in [0, 0.1) is 6.92 Å². The van der Waals surface area contributed by atoms with Crippen LogP contribution in [0.1, 0.15) is 40.7 Å². The fourth-order valence-electron chi connectivity index (χ4n) is 2.42. The number of carboxylic acids is 1. The van der Waals surface area contributed by atoms with E-state index in [4.69, 9.17) is 5.11 Å². The van der Waals surface area contributed by atoms with Gasteiger partial charge in [0.05, 0.1) is 5.69 Å². The van der Waals surface area contributed by atoms with Gasteiger partial charge in [-0.25, -0.2) is 9.78 Å². The Bertz CT molecular complexity index is 813. The molecule has 3 aromatic rings. The first-order valence-electron chi connectivity index (χ1n) is 6.79. The first-order valence-corrected chi connectivity index (χ1v) is 7.61. The van der Waals surface area contributed by atoms with Gasteiger partial charge in [0, 0.05) is 11.1 Å². The monoisotopic (exact) mass is 300 g/mol. The second kappa shape index (κ2) is 5.00. The Balaban J connectivity index is 2.14. The van der Waals surface area contributed by atoms with Crippen LogP contribution < -0.4 is 0 Å². The van der Waals surface area contributed by atoms with Gasteiger partial charge in [0.25, 0.3) is 0 Å². The minimum atomic E-state index is -0.996. The zero-order chi connectivity index (χ0) is 15.1. The summed E-state index contributed by atoms with van der Waals surface area (Å²) < 4.78 is 1.87. The van der Waals surface area contributed by atoms with Crippen LogP contribution in [0.3, 0.4) is 0 Å². The molecule has 0 atom stereocenters. The Morgan fingerprint density at radius 1 is 1.29 bits per heavy atom. The predicted octanol–water partition coefficient (Wildman–Crippen LogP) is 4.19. The topological polar surface area (TPSA) is 54.6 Å². The van der Waals surface area contributed by atoms with Gasteiger partial charge in [-0.15, -0.1) is 11.3 Å². The molecule has 0 aliphatic heterocycles. The first kappa shape index (κ1) is 13.8. The highest BCUT2D eigenvalue weighted by atomic mass is 32.1. The maximum absolute atomic E-state index is 11.0. The van der Waals surface area contributed by atoms with Crippen LogP contribution in [0.2, 0.25) is 0 Å². The molecular weight excluding hydrogens is 284 g/mol. The second-order valence-corrected chi connectivity index (χ2v) is 6.55. The zero-order valence-electron chi connectivity index (χ0n) is 12.1. The predicted molar refractivity (Wildman–Crippen MR) is 84.3 cm³/mol. The molecule has 0 aliphatic rings. The maximum Gasteiger partial charge on any atom is 0.356 e. The minimum Gasteiger partial charge on any atom is -0.476 e. The van der Waals surface area contributed by atoms with E-state index < -0.39 is 5.97 Å². The van der Waals surface area contributed by atoms with E-state index in [1.54, 1.807) is 6.20 Å². The van der Waals surface area contributed by atoms with E-state index in [0.717, 1.165) is 16.1 Å². The molecule has 0 bridgehead atoms. The van der Waals surface area contributed by atoms with Crippen molar-refractivity contribution in [3.63, 3.8) is 0 Å². The molecule has 0 radical (unpaired) electrons. The number of carbonyl (C=O) groups is 1. The molecule has 21 heavy (non-hydrogen) atoms. The molecule has 0 spiro atoms. The molecule has 4 nitrogen and oxygen atoms in total. The Morgan fingerprint density at radius 3 is 2.52 bits per heavy atom. The van der Waals surface area contributed by atoms with Gasteiger partial charge in [0.2, 0.25) is 0 Å². The lowest BCUT2D eigenvalue weighted by molar-refractivity contribution is 0.0691. The van der Waals surface area contributed by atoms with Crippen molar-refractivity contribution in [3.05, 3.63) is 46.6 Å². The van der Waals surface area contributed by atoms with Gasteiger partial charge in [-0.1, -0.05) is 38.1 Å². The molecule has 0 unspecified atom stereocenters. The van der Waals surface area contributed by atoms with E-state index in [-0.39, 0.29) is 5.69 Å². The average Bonchev–Trinajstić information content (AvgIpc) is 2.95. The molecule has 108 valence electrons. The fourth-order valence-corrected chi connectivity index (χ4v) is 3.39. The van der Waals surface area contributed by atoms with Crippen LogP contribution in [0.5, 0.6) is 0 Å². The van der Waals surface area contributed by atoms with Gasteiger partial charge in [-0.2, -0.15) is 0 Å². The maximum atomic E-state index is 11.0. The van der Waals surface area contributed by atoms with Crippen molar-refractivity contribution in [3.8, 4) is 11.3 Å². The van der Waals surface area contributed by atoms with Crippen molar-refractivity contribution in [2.75, 3.05) is 0 Å². The molecule has 0 fully saturated rings. The van der Waals surface area contributed by atoms with Crippen molar-refractivity contribution < 1.29 is 9.90 Å². The summed E-state index contributed by atoms with van der Waals surface area (Å²) in [7, 11) is 0. The lowest BCUT2D eigenvalue weighted by Gasteiger charge is -2.07. The van der Waals surface area contributed by atoms with Crippen molar-refractivity contribution in [1.29, 1.82) is 0 Å². The number of aryl methyl sites for hydroxylation is 1. The van der Waals surface area contributed by atoms with E-state index in [0.29, 0.717) is 10.9 Å². The normalized spacial score (nSPS) is 11.4. The number of benzene rings is 1. The SMILES string of the molecule is Cc1sc2nc(C(=O)O)cn2c1-c1ccc(C(C)C)cc1. The fraction of sp³-hybridized carbons (Fsp3) is 0.250.